The number of H-pyrrole nitrogens is 1. The van der Waals surface area contributed by atoms with Gasteiger partial charge in [0.1, 0.15) is 0 Å². The third-order valence-corrected chi connectivity index (χ3v) is 3.86. The minimum absolute atomic E-state index is 0.199. The van der Waals surface area contributed by atoms with E-state index in [-0.39, 0.29) is 23.3 Å². The molecule has 0 saturated carbocycles. The monoisotopic (exact) mass is 327 g/mol. The molecule has 1 aliphatic heterocycles. The smallest absolute Gasteiger partial charge is 0.338 e. The second kappa shape index (κ2) is 6.19. The highest BCUT2D eigenvalue weighted by molar-refractivity contribution is 5.95. The Morgan fingerprint density at radius 2 is 2.00 bits per heavy atom. The summed E-state index contributed by atoms with van der Waals surface area (Å²) in [5.41, 5.74) is 1.19. The van der Waals surface area contributed by atoms with Crippen molar-refractivity contribution in [2.75, 3.05) is 6.61 Å². The average Bonchev–Trinajstić information content (AvgIpc) is 2.53. The molecular weight excluding hydrogens is 310 g/mol. The molecule has 0 saturated heterocycles. The molecule has 24 heavy (non-hydrogen) atoms. The number of nitrogens with one attached hydrogen (secondary N) is 3. The van der Waals surface area contributed by atoms with Gasteiger partial charge < -0.3 is 20.4 Å². The van der Waals surface area contributed by atoms with Crippen LogP contribution in [-0.4, -0.2) is 23.6 Å². The molecule has 3 N–H and O–H groups in total. The van der Waals surface area contributed by atoms with E-state index in [1.54, 1.807) is 26.0 Å². The highest BCUT2D eigenvalue weighted by Crippen LogP contribution is 2.27. The predicted octanol–water partition coefficient (Wildman–Crippen LogP) is 1.72. The summed E-state index contributed by atoms with van der Waals surface area (Å²) < 4.78 is 5.07. The Labute approximate surface area is 137 Å². The van der Waals surface area contributed by atoms with Crippen molar-refractivity contribution in [2.24, 2.45) is 0 Å². The third-order valence-electron chi connectivity index (χ3n) is 3.86. The first-order chi connectivity index (χ1) is 11.5. The van der Waals surface area contributed by atoms with Crippen LogP contribution < -0.4 is 16.2 Å². The van der Waals surface area contributed by atoms with E-state index < -0.39 is 18.0 Å². The van der Waals surface area contributed by atoms with E-state index in [0.717, 1.165) is 5.39 Å². The number of ether oxygens (including phenoxy) is 1. The Morgan fingerprint density at radius 1 is 1.25 bits per heavy atom. The summed E-state index contributed by atoms with van der Waals surface area (Å²) in [5, 5.41) is 5.98. The van der Waals surface area contributed by atoms with Gasteiger partial charge in [0.05, 0.1) is 18.2 Å². The Bertz CT molecular complexity index is 913. The number of pyridine rings is 1. The third kappa shape index (κ3) is 2.76. The summed E-state index contributed by atoms with van der Waals surface area (Å²) in [6, 6.07) is 7.63. The summed E-state index contributed by atoms with van der Waals surface area (Å²) in [6.07, 6.45) is 0. The normalized spacial score (nSPS) is 17.4. The number of fused-ring (bicyclic) bond motifs is 1. The maximum absolute atomic E-state index is 12.5. The van der Waals surface area contributed by atoms with Crippen LogP contribution in [0.3, 0.4) is 0 Å². The van der Waals surface area contributed by atoms with Crippen LogP contribution in [0.4, 0.5) is 4.79 Å². The average molecular weight is 327 g/mol. The summed E-state index contributed by atoms with van der Waals surface area (Å²) in [6.45, 7) is 3.50. The quantitative estimate of drug-likeness (QED) is 0.747. The van der Waals surface area contributed by atoms with Gasteiger partial charge in [-0.3, -0.25) is 4.79 Å². The van der Waals surface area contributed by atoms with E-state index in [1.165, 1.54) is 0 Å². The first kappa shape index (κ1) is 15.8. The molecule has 1 aliphatic rings. The summed E-state index contributed by atoms with van der Waals surface area (Å²) in [5.74, 6) is -0.569. The van der Waals surface area contributed by atoms with Gasteiger partial charge in [-0.05, 0) is 31.4 Å². The molecule has 2 aromatic rings. The number of esters is 1. The molecule has 7 nitrogen and oxygen atoms in total. The lowest BCUT2D eigenvalue weighted by molar-refractivity contribution is -0.139. The fourth-order valence-electron chi connectivity index (χ4n) is 2.79. The highest BCUT2D eigenvalue weighted by atomic mass is 16.5. The van der Waals surface area contributed by atoms with Gasteiger partial charge in [-0.1, -0.05) is 18.2 Å². The number of benzene rings is 1. The number of hydrogen-bond donors (Lipinski definition) is 3. The van der Waals surface area contributed by atoms with Crippen LogP contribution in [0.2, 0.25) is 0 Å². The van der Waals surface area contributed by atoms with Crippen molar-refractivity contribution in [3.8, 4) is 0 Å². The molecule has 1 unspecified atom stereocenters. The van der Waals surface area contributed by atoms with Crippen LogP contribution in [0, 0.1) is 0 Å². The standard InChI is InChI=1S/C17H17N3O4/c1-3-24-16(22)13-9(2)18-17(23)20-14(13)11-8-10-6-4-5-7-12(10)19-15(11)21/h4-8,14H,3H2,1-2H3,(H,19,21)(H2,18,20,23). The zero-order valence-corrected chi connectivity index (χ0v) is 13.3. The molecular formula is C17H17N3O4. The van der Waals surface area contributed by atoms with Crippen molar-refractivity contribution in [3.05, 3.63) is 57.5 Å². The number of rotatable bonds is 3. The minimum Gasteiger partial charge on any atom is -0.463 e. The van der Waals surface area contributed by atoms with Crippen LogP contribution in [0.5, 0.6) is 0 Å². The minimum atomic E-state index is -0.869. The number of allylic oxidation sites excluding steroid dienone is 1. The fourth-order valence-corrected chi connectivity index (χ4v) is 2.79. The molecule has 0 radical (unpaired) electrons. The molecule has 2 amide bonds. The second-order valence-corrected chi connectivity index (χ2v) is 5.43. The van der Waals surface area contributed by atoms with Crippen molar-refractivity contribution in [1.82, 2.24) is 15.6 Å². The lowest BCUT2D eigenvalue weighted by atomic mass is 9.95. The summed E-state index contributed by atoms with van der Waals surface area (Å²) in [7, 11) is 0. The molecule has 1 atom stereocenters. The second-order valence-electron chi connectivity index (χ2n) is 5.43. The van der Waals surface area contributed by atoms with Gasteiger partial charge in [-0.15, -0.1) is 0 Å². The van der Waals surface area contributed by atoms with E-state index in [2.05, 4.69) is 15.6 Å². The largest absolute Gasteiger partial charge is 0.463 e. The first-order valence-corrected chi connectivity index (χ1v) is 7.58. The number of carbonyl (C=O) groups is 2. The van der Waals surface area contributed by atoms with Gasteiger partial charge in [0.25, 0.3) is 5.56 Å². The number of carbonyl (C=O) groups excluding carboxylic acids is 2. The molecule has 0 fully saturated rings. The van der Waals surface area contributed by atoms with Gasteiger partial charge in [0.15, 0.2) is 0 Å². The van der Waals surface area contributed by atoms with Crippen molar-refractivity contribution in [2.45, 2.75) is 19.9 Å². The number of hydrogen-bond acceptors (Lipinski definition) is 4. The Hall–Kier alpha value is -3.09. The van der Waals surface area contributed by atoms with Crippen molar-refractivity contribution >= 4 is 22.9 Å². The molecule has 124 valence electrons. The van der Waals surface area contributed by atoms with Crippen LogP contribution >= 0.6 is 0 Å². The molecule has 7 heteroatoms. The molecule has 0 spiro atoms. The van der Waals surface area contributed by atoms with Crippen molar-refractivity contribution in [1.29, 1.82) is 0 Å². The van der Waals surface area contributed by atoms with Crippen molar-refractivity contribution in [3.63, 3.8) is 0 Å². The zero-order chi connectivity index (χ0) is 17.3. The lowest BCUT2D eigenvalue weighted by Crippen LogP contribution is -2.46. The predicted molar refractivity (Wildman–Crippen MR) is 88.3 cm³/mol. The molecule has 2 heterocycles. The maximum atomic E-state index is 12.5. The molecule has 0 bridgehead atoms. The van der Waals surface area contributed by atoms with Gasteiger partial charge in [-0.25, -0.2) is 9.59 Å². The van der Waals surface area contributed by atoms with E-state index in [9.17, 15) is 14.4 Å². The van der Waals surface area contributed by atoms with Gasteiger partial charge in [0.2, 0.25) is 0 Å². The Kier molecular flexibility index (Phi) is 4.07. The zero-order valence-electron chi connectivity index (χ0n) is 13.3. The van der Waals surface area contributed by atoms with Crippen molar-refractivity contribution < 1.29 is 14.3 Å². The number of amides is 2. The molecule has 1 aromatic carbocycles. The first-order valence-electron chi connectivity index (χ1n) is 7.58. The van der Waals surface area contributed by atoms with Gasteiger partial charge >= 0.3 is 12.0 Å². The summed E-state index contributed by atoms with van der Waals surface area (Å²) >= 11 is 0. The topological polar surface area (TPSA) is 100 Å². The Balaban J connectivity index is 2.16. The van der Waals surface area contributed by atoms with E-state index >= 15 is 0 Å². The van der Waals surface area contributed by atoms with Gasteiger partial charge in [0, 0.05) is 16.8 Å². The number of para-hydroxylation sites is 1. The van der Waals surface area contributed by atoms with Crippen LogP contribution in [0.1, 0.15) is 25.5 Å². The van der Waals surface area contributed by atoms with E-state index in [0.29, 0.717) is 11.2 Å². The summed E-state index contributed by atoms with van der Waals surface area (Å²) in [4.78, 5) is 39.4. The van der Waals surface area contributed by atoms with E-state index in [1.807, 2.05) is 18.2 Å². The van der Waals surface area contributed by atoms with Crippen LogP contribution in [0.25, 0.3) is 10.9 Å². The SMILES string of the molecule is CCOC(=O)C1=C(C)NC(=O)NC1c1cc2ccccc2[nH]c1=O. The molecule has 1 aromatic heterocycles. The van der Waals surface area contributed by atoms with Crippen LogP contribution in [0.15, 0.2) is 46.4 Å². The van der Waals surface area contributed by atoms with Gasteiger partial charge in [-0.2, -0.15) is 0 Å². The highest BCUT2D eigenvalue weighted by Gasteiger charge is 2.33. The number of aromatic amines is 1. The van der Waals surface area contributed by atoms with E-state index in [4.69, 9.17) is 4.74 Å². The number of urea groups is 1. The van der Waals surface area contributed by atoms with Crippen LogP contribution in [-0.2, 0) is 9.53 Å². The number of aromatic nitrogens is 1. The Morgan fingerprint density at radius 3 is 2.75 bits per heavy atom. The molecule has 3 rings (SSSR count). The maximum Gasteiger partial charge on any atom is 0.338 e. The fraction of sp³-hybridized carbons (Fsp3) is 0.235. The lowest BCUT2D eigenvalue weighted by Gasteiger charge is -2.27. The molecule has 0 aliphatic carbocycles.